The smallest absolute Gasteiger partial charge is 0.335 e. The number of carboxylic acids is 1. The van der Waals surface area contributed by atoms with Gasteiger partial charge in [-0.05, 0) is 51.0 Å². The van der Waals surface area contributed by atoms with Gasteiger partial charge in [0.25, 0.3) is 0 Å². The molecular weight excluding hydrogens is 394 g/mol. The van der Waals surface area contributed by atoms with E-state index in [1.54, 1.807) is 33.8 Å². The molecule has 0 aliphatic carbocycles. The van der Waals surface area contributed by atoms with Gasteiger partial charge < -0.3 is 23.2 Å². The van der Waals surface area contributed by atoms with Crippen molar-refractivity contribution in [3.05, 3.63) is 34.9 Å². The van der Waals surface area contributed by atoms with Crippen LogP contribution in [0.25, 0.3) is 0 Å². The molecule has 0 heterocycles. The van der Waals surface area contributed by atoms with Crippen LogP contribution >= 0.6 is 15.2 Å². The second kappa shape index (κ2) is 11.1. The molecule has 1 N–H and O–H groups in total. The van der Waals surface area contributed by atoms with E-state index in [-0.39, 0.29) is 44.3 Å². The predicted octanol–water partition coefficient (Wildman–Crippen LogP) is 4.92. The van der Waals surface area contributed by atoms with Crippen LogP contribution in [0, 0.1) is 0 Å². The van der Waals surface area contributed by atoms with Crippen molar-refractivity contribution in [2.45, 2.75) is 40.0 Å². The Hall–Kier alpha value is -1.01. The van der Waals surface area contributed by atoms with Crippen molar-refractivity contribution >= 4 is 21.2 Å². The second-order valence-corrected chi connectivity index (χ2v) is 9.66. The molecule has 0 saturated carbocycles. The highest BCUT2D eigenvalue weighted by Crippen LogP contribution is 2.53. The molecule has 0 aromatic heterocycles. The number of carbonyl (C=O) groups is 1. The number of aromatic carboxylic acids is 1. The van der Waals surface area contributed by atoms with Gasteiger partial charge in [0, 0.05) is 0 Å². The van der Waals surface area contributed by atoms with Gasteiger partial charge in [-0.2, -0.15) is 0 Å². The minimum absolute atomic E-state index is 0.0124. The Balaban J connectivity index is 3.25. The summed E-state index contributed by atoms with van der Waals surface area (Å²) in [6.07, 6.45) is -0.174. The van der Waals surface area contributed by atoms with Crippen LogP contribution in [-0.2, 0) is 39.5 Å². The summed E-state index contributed by atoms with van der Waals surface area (Å²) >= 11 is 0. The third kappa shape index (κ3) is 7.86. The summed E-state index contributed by atoms with van der Waals surface area (Å²) in [6.45, 7) is 7.60. The summed E-state index contributed by atoms with van der Waals surface area (Å²) in [7, 11) is -6.82. The molecule has 0 fully saturated rings. The standard InChI is InChI=1S/C17H28O8P2/c1-5-22-26(20,23-6-2)12-14-9-15(11-16(10-14)17(18)19)13-27(21,24-7-3)25-8-4/h9-11H,5-8,12-13H2,1-4H3,(H,18,19). The maximum absolute atomic E-state index is 12.8. The largest absolute Gasteiger partial charge is 0.478 e. The van der Waals surface area contributed by atoms with Crippen molar-refractivity contribution in [3.8, 4) is 0 Å². The highest BCUT2D eigenvalue weighted by atomic mass is 31.2. The van der Waals surface area contributed by atoms with E-state index in [2.05, 4.69) is 0 Å². The van der Waals surface area contributed by atoms with Crippen LogP contribution in [0.15, 0.2) is 18.2 Å². The molecule has 0 amide bonds. The first-order valence-corrected chi connectivity index (χ1v) is 12.3. The number of hydrogen-bond acceptors (Lipinski definition) is 7. The zero-order valence-corrected chi connectivity index (χ0v) is 18.0. The molecule has 0 saturated heterocycles. The fraction of sp³-hybridized carbons (Fsp3) is 0.588. The summed E-state index contributed by atoms with van der Waals surface area (Å²) in [5.41, 5.74) is 0.894. The maximum atomic E-state index is 12.8. The molecule has 1 rings (SSSR count). The molecule has 27 heavy (non-hydrogen) atoms. The van der Waals surface area contributed by atoms with Gasteiger partial charge in [0.2, 0.25) is 0 Å². The lowest BCUT2D eigenvalue weighted by Crippen LogP contribution is -2.05. The van der Waals surface area contributed by atoms with Crippen LogP contribution in [-0.4, -0.2) is 37.5 Å². The van der Waals surface area contributed by atoms with Crippen molar-refractivity contribution in [2.75, 3.05) is 26.4 Å². The zero-order valence-electron chi connectivity index (χ0n) is 16.2. The monoisotopic (exact) mass is 422 g/mol. The predicted molar refractivity (Wildman–Crippen MR) is 103 cm³/mol. The molecule has 1 aromatic carbocycles. The van der Waals surface area contributed by atoms with Gasteiger partial charge in [-0.15, -0.1) is 0 Å². The molecule has 10 heteroatoms. The first kappa shape index (κ1) is 24.0. The molecule has 0 atom stereocenters. The van der Waals surface area contributed by atoms with Crippen LogP contribution in [0.4, 0.5) is 0 Å². The molecule has 0 aliphatic rings. The van der Waals surface area contributed by atoms with Gasteiger partial charge in [0.05, 0.1) is 44.3 Å². The first-order chi connectivity index (χ1) is 12.7. The van der Waals surface area contributed by atoms with E-state index in [1.165, 1.54) is 12.1 Å². The van der Waals surface area contributed by atoms with Crippen molar-refractivity contribution in [1.29, 1.82) is 0 Å². The van der Waals surface area contributed by atoms with E-state index in [0.717, 1.165) is 0 Å². The van der Waals surface area contributed by atoms with E-state index < -0.39 is 21.2 Å². The average Bonchev–Trinajstić information content (AvgIpc) is 2.54. The highest BCUT2D eigenvalue weighted by Gasteiger charge is 2.28. The molecule has 0 aliphatic heterocycles. The molecule has 0 bridgehead atoms. The van der Waals surface area contributed by atoms with Gasteiger partial charge in [0.1, 0.15) is 0 Å². The minimum atomic E-state index is -3.41. The van der Waals surface area contributed by atoms with Crippen LogP contribution in [0.1, 0.15) is 49.2 Å². The van der Waals surface area contributed by atoms with Crippen LogP contribution in [0.2, 0.25) is 0 Å². The lowest BCUT2D eigenvalue weighted by Gasteiger charge is -2.19. The molecule has 8 nitrogen and oxygen atoms in total. The number of rotatable bonds is 13. The van der Waals surface area contributed by atoms with E-state index in [1.807, 2.05) is 0 Å². The van der Waals surface area contributed by atoms with E-state index in [9.17, 15) is 19.0 Å². The Morgan fingerprint density at radius 1 is 0.778 bits per heavy atom. The molecule has 0 spiro atoms. The quantitative estimate of drug-likeness (QED) is 0.447. The normalized spacial score (nSPS) is 12.3. The summed E-state index contributed by atoms with van der Waals surface area (Å²) in [5, 5.41) is 9.38. The summed E-state index contributed by atoms with van der Waals surface area (Å²) < 4.78 is 46.6. The van der Waals surface area contributed by atoms with Crippen LogP contribution in [0.5, 0.6) is 0 Å². The van der Waals surface area contributed by atoms with Gasteiger partial charge >= 0.3 is 21.2 Å². The Morgan fingerprint density at radius 3 is 1.37 bits per heavy atom. The van der Waals surface area contributed by atoms with Gasteiger partial charge in [0.15, 0.2) is 0 Å². The van der Waals surface area contributed by atoms with E-state index in [0.29, 0.717) is 11.1 Å². The summed E-state index contributed by atoms with van der Waals surface area (Å²) in [4.78, 5) is 11.5. The number of hydrogen-bond donors (Lipinski definition) is 1. The minimum Gasteiger partial charge on any atom is -0.478 e. The summed E-state index contributed by atoms with van der Waals surface area (Å²) in [5.74, 6) is -1.15. The first-order valence-electron chi connectivity index (χ1n) is 8.83. The van der Waals surface area contributed by atoms with E-state index in [4.69, 9.17) is 18.1 Å². The lowest BCUT2D eigenvalue weighted by atomic mass is 10.1. The van der Waals surface area contributed by atoms with Crippen LogP contribution in [0.3, 0.4) is 0 Å². The average molecular weight is 422 g/mol. The van der Waals surface area contributed by atoms with Gasteiger partial charge in [-0.3, -0.25) is 9.13 Å². The van der Waals surface area contributed by atoms with Crippen molar-refractivity contribution in [2.24, 2.45) is 0 Å². The van der Waals surface area contributed by atoms with Crippen molar-refractivity contribution < 1.29 is 37.1 Å². The molecule has 0 radical (unpaired) electrons. The Bertz CT molecular complexity index is 649. The van der Waals surface area contributed by atoms with E-state index >= 15 is 0 Å². The third-order valence-electron chi connectivity index (χ3n) is 3.36. The summed E-state index contributed by atoms with van der Waals surface area (Å²) in [6, 6.07) is 4.44. The fourth-order valence-electron chi connectivity index (χ4n) is 2.56. The number of carboxylic acid groups (broad SMARTS) is 1. The number of benzene rings is 1. The fourth-order valence-corrected chi connectivity index (χ4v) is 5.91. The maximum Gasteiger partial charge on any atom is 0.335 e. The van der Waals surface area contributed by atoms with Gasteiger partial charge in [-0.1, -0.05) is 6.07 Å². The second-order valence-electron chi connectivity index (χ2n) is 5.55. The van der Waals surface area contributed by atoms with Crippen molar-refractivity contribution in [1.82, 2.24) is 0 Å². The molecule has 1 aromatic rings. The molecular formula is C17H28O8P2. The zero-order chi connectivity index (χ0) is 20.5. The topological polar surface area (TPSA) is 108 Å². The van der Waals surface area contributed by atoms with Crippen LogP contribution < -0.4 is 0 Å². The third-order valence-corrected chi connectivity index (χ3v) is 7.47. The van der Waals surface area contributed by atoms with Crippen molar-refractivity contribution in [3.63, 3.8) is 0 Å². The highest BCUT2D eigenvalue weighted by molar-refractivity contribution is 7.53. The Kier molecular flexibility index (Phi) is 9.88. The van der Waals surface area contributed by atoms with Gasteiger partial charge in [-0.25, -0.2) is 4.79 Å². The SMILES string of the molecule is CCOP(=O)(Cc1cc(CP(=O)(OCC)OCC)cc(C(=O)O)c1)OCC. The lowest BCUT2D eigenvalue weighted by molar-refractivity contribution is 0.0696. The molecule has 0 unspecified atom stereocenters. The Morgan fingerprint density at radius 2 is 1.11 bits per heavy atom. The Labute approximate surface area is 160 Å². The molecule has 154 valence electrons.